The molecule has 1 aliphatic carbocycles. The summed E-state index contributed by atoms with van der Waals surface area (Å²) >= 11 is 0. The van der Waals surface area contributed by atoms with Crippen molar-refractivity contribution in [3.05, 3.63) is 36.9 Å². The molecule has 2 saturated heterocycles. The first-order valence-electron chi connectivity index (χ1n) is 10.3. The average Bonchev–Trinajstić information content (AvgIpc) is 3.34. The molecule has 3 fully saturated rings. The van der Waals surface area contributed by atoms with Crippen LogP contribution in [0.2, 0.25) is 0 Å². The highest BCUT2D eigenvalue weighted by Crippen LogP contribution is 2.40. The molecule has 7 heteroatoms. The van der Waals surface area contributed by atoms with Gasteiger partial charge < -0.3 is 10.0 Å². The van der Waals surface area contributed by atoms with E-state index in [1.807, 2.05) is 34.8 Å². The summed E-state index contributed by atoms with van der Waals surface area (Å²) in [6.07, 6.45) is 12.3. The number of anilines is 1. The summed E-state index contributed by atoms with van der Waals surface area (Å²) in [5, 5.41) is 18.6. The van der Waals surface area contributed by atoms with Crippen LogP contribution in [-0.4, -0.2) is 66.7 Å². The Kier molecular flexibility index (Phi) is 3.58. The second-order valence-electron chi connectivity index (χ2n) is 8.69. The molecule has 0 radical (unpaired) electrons. The third kappa shape index (κ3) is 2.49. The van der Waals surface area contributed by atoms with Crippen LogP contribution in [0.25, 0.3) is 16.6 Å². The summed E-state index contributed by atoms with van der Waals surface area (Å²) in [4.78, 5) is 5.28. The van der Waals surface area contributed by atoms with E-state index in [0.717, 1.165) is 42.6 Å². The van der Waals surface area contributed by atoms with Gasteiger partial charge in [0.15, 0.2) is 0 Å². The number of aryl methyl sites for hydroxylation is 1. The van der Waals surface area contributed by atoms with Crippen molar-refractivity contribution < 1.29 is 5.11 Å². The van der Waals surface area contributed by atoms with Gasteiger partial charge in [0.05, 0.1) is 23.5 Å². The molecule has 28 heavy (non-hydrogen) atoms. The molecule has 1 saturated carbocycles. The minimum Gasteiger partial charge on any atom is -0.393 e. The van der Waals surface area contributed by atoms with Gasteiger partial charge in [-0.05, 0) is 37.8 Å². The number of hydrogen-bond acceptors (Lipinski definition) is 5. The Morgan fingerprint density at radius 2 is 1.79 bits per heavy atom. The largest absolute Gasteiger partial charge is 0.393 e. The van der Waals surface area contributed by atoms with Gasteiger partial charge in [-0.2, -0.15) is 10.2 Å². The Labute approximate surface area is 164 Å². The van der Waals surface area contributed by atoms with E-state index in [9.17, 15) is 5.11 Å². The van der Waals surface area contributed by atoms with Crippen LogP contribution in [-0.2, 0) is 7.05 Å². The Bertz CT molecular complexity index is 1010. The number of rotatable bonds is 3. The van der Waals surface area contributed by atoms with Crippen LogP contribution < -0.4 is 4.90 Å². The van der Waals surface area contributed by atoms with Gasteiger partial charge in [0.1, 0.15) is 0 Å². The molecule has 6 rings (SSSR count). The topological polar surface area (TPSA) is 61.8 Å². The van der Waals surface area contributed by atoms with Gasteiger partial charge in [0.25, 0.3) is 0 Å². The number of nitrogens with zero attached hydrogens (tertiary/aromatic N) is 6. The van der Waals surface area contributed by atoms with Gasteiger partial charge in [-0.15, -0.1) is 0 Å². The molecule has 2 aliphatic heterocycles. The van der Waals surface area contributed by atoms with E-state index in [0.29, 0.717) is 18.1 Å². The molecule has 0 amide bonds. The standard InChI is InChI=1S/C21H26N6O/c1-24-10-15(9-23-24)14-6-21-20(4-5-22-26(21)11-14)25-12-16-2-3-17(13-25)27(16)18-7-19(28)8-18/h4-6,9-11,16-19,28H,2-3,7-8,12-13H2,1H3/t16-,17-,18?,19?/m0/s1. The molecular weight excluding hydrogens is 352 g/mol. The maximum absolute atomic E-state index is 9.74. The Morgan fingerprint density at radius 1 is 1.00 bits per heavy atom. The summed E-state index contributed by atoms with van der Waals surface area (Å²) in [6.45, 7) is 2.13. The van der Waals surface area contributed by atoms with Gasteiger partial charge in [-0.25, -0.2) is 4.52 Å². The second-order valence-corrected chi connectivity index (χ2v) is 8.69. The molecule has 0 unspecified atom stereocenters. The van der Waals surface area contributed by atoms with Crippen molar-refractivity contribution in [2.75, 3.05) is 18.0 Å². The summed E-state index contributed by atoms with van der Waals surface area (Å²) in [5.41, 5.74) is 4.70. The van der Waals surface area contributed by atoms with Crippen molar-refractivity contribution in [2.45, 2.75) is 49.9 Å². The molecule has 0 spiro atoms. The molecule has 0 aromatic carbocycles. The Hall–Kier alpha value is -2.38. The van der Waals surface area contributed by atoms with Gasteiger partial charge in [0, 0.05) is 68.0 Å². The van der Waals surface area contributed by atoms with Crippen LogP contribution in [0, 0.1) is 0 Å². The lowest BCUT2D eigenvalue weighted by Gasteiger charge is -2.50. The highest BCUT2D eigenvalue weighted by molar-refractivity contribution is 5.79. The summed E-state index contributed by atoms with van der Waals surface area (Å²) in [6, 6.07) is 6.20. The maximum atomic E-state index is 9.74. The van der Waals surface area contributed by atoms with Crippen molar-refractivity contribution in [3.8, 4) is 11.1 Å². The highest BCUT2D eigenvalue weighted by atomic mass is 16.3. The van der Waals surface area contributed by atoms with Crippen molar-refractivity contribution in [1.29, 1.82) is 0 Å². The van der Waals surface area contributed by atoms with E-state index in [-0.39, 0.29) is 6.10 Å². The van der Waals surface area contributed by atoms with Gasteiger partial charge >= 0.3 is 0 Å². The summed E-state index contributed by atoms with van der Waals surface area (Å²) < 4.78 is 3.83. The quantitative estimate of drug-likeness (QED) is 0.754. The van der Waals surface area contributed by atoms with Crippen molar-refractivity contribution in [3.63, 3.8) is 0 Å². The fraction of sp³-hybridized carbons (Fsp3) is 0.524. The number of fused-ring (bicyclic) bond motifs is 3. The average molecular weight is 378 g/mol. The minimum absolute atomic E-state index is 0.0751. The number of aromatic nitrogens is 4. The van der Waals surface area contributed by atoms with Crippen LogP contribution in [0.15, 0.2) is 36.9 Å². The zero-order chi connectivity index (χ0) is 18.8. The lowest BCUT2D eigenvalue weighted by Crippen LogP contribution is -2.60. The van der Waals surface area contributed by atoms with Gasteiger partial charge in [0.2, 0.25) is 0 Å². The molecule has 3 aliphatic rings. The molecule has 7 nitrogen and oxygen atoms in total. The molecule has 3 aromatic heterocycles. The zero-order valence-corrected chi connectivity index (χ0v) is 16.1. The van der Waals surface area contributed by atoms with E-state index >= 15 is 0 Å². The Morgan fingerprint density at radius 3 is 2.46 bits per heavy atom. The van der Waals surface area contributed by atoms with Gasteiger partial charge in [-0.3, -0.25) is 9.58 Å². The number of hydrogen-bond donors (Lipinski definition) is 1. The third-order valence-electron chi connectivity index (χ3n) is 6.91. The second kappa shape index (κ2) is 6.06. The third-order valence-corrected chi connectivity index (χ3v) is 6.91. The van der Waals surface area contributed by atoms with E-state index in [1.54, 1.807) is 0 Å². The van der Waals surface area contributed by atoms with Crippen molar-refractivity contribution in [2.24, 2.45) is 7.05 Å². The number of aliphatic hydroxyl groups is 1. The maximum Gasteiger partial charge on any atom is 0.0886 e. The SMILES string of the molecule is Cn1cc(-c2cc3c(N4C[C@@H]5CC[C@@H](C4)N5C4CC(O)C4)ccnn3c2)cn1. The highest BCUT2D eigenvalue weighted by Gasteiger charge is 2.46. The Balaban J connectivity index is 1.31. The monoisotopic (exact) mass is 378 g/mol. The molecular formula is C21H26N6O. The van der Waals surface area contributed by atoms with Gasteiger partial charge in [-0.1, -0.05) is 0 Å². The summed E-state index contributed by atoms with van der Waals surface area (Å²) in [5.74, 6) is 0. The first kappa shape index (κ1) is 16.6. The molecule has 2 atom stereocenters. The van der Waals surface area contributed by atoms with Crippen LogP contribution in [0.3, 0.4) is 0 Å². The van der Waals surface area contributed by atoms with E-state index < -0.39 is 0 Å². The zero-order valence-electron chi connectivity index (χ0n) is 16.1. The number of piperazine rings is 1. The summed E-state index contributed by atoms with van der Waals surface area (Å²) in [7, 11) is 1.94. The fourth-order valence-corrected chi connectivity index (χ4v) is 5.53. The first-order valence-corrected chi connectivity index (χ1v) is 10.3. The van der Waals surface area contributed by atoms with Crippen molar-refractivity contribution >= 4 is 11.2 Å². The van der Waals surface area contributed by atoms with Crippen LogP contribution in [0.1, 0.15) is 25.7 Å². The molecule has 3 aromatic rings. The number of aliphatic hydroxyl groups excluding tert-OH is 1. The molecule has 1 N–H and O–H groups in total. The van der Waals surface area contributed by atoms with Crippen LogP contribution in [0.5, 0.6) is 0 Å². The van der Waals surface area contributed by atoms with E-state index in [2.05, 4.69) is 38.3 Å². The smallest absolute Gasteiger partial charge is 0.0886 e. The van der Waals surface area contributed by atoms with E-state index in [4.69, 9.17) is 0 Å². The van der Waals surface area contributed by atoms with Crippen LogP contribution in [0.4, 0.5) is 5.69 Å². The molecule has 5 heterocycles. The predicted molar refractivity (Wildman–Crippen MR) is 107 cm³/mol. The van der Waals surface area contributed by atoms with Crippen molar-refractivity contribution in [1.82, 2.24) is 24.3 Å². The normalized spacial score (nSPS) is 30.1. The lowest BCUT2D eigenvalue weighted by atomic mass is 9.86. The predicted octanol–water partition coefficient (Wildman–Crippen LogP) is 1.91. The molecule has 146 valence electrons. The lowest BCUT2D eigenvalue weighted by molar-refractivity contribution is -0.0245. The van der Waals surface area contributed by atoms with E-state index in [1.165, 1.54) is 18.5 Å². The molecule has 2 bridgehead atoms. The fourth-order valence-electron chi connectivity index (χ4n) is 5.53. The van der Waals surface area contributed by atoms with Crippen LogP contribution >= 0.6 is 0 Å². The minimum atomic E-state index is -0.0751. The first-order chi connectivity index (χ1) is 13.7.